The summed E-state index contributed by atoms with van der Waals surface area (Å²) in [6.45, 7) is 2.76. The lowest BCUT2D eigenvalue weighted by Crippen LogP contribution is -2.23. The zero-order valence-corrected chi connectivity index (χ0v) is 10.6. The third-order valence-electron chi connectivity index (χ3n) is 2.54. The highest BCUT2D eigenvalue weighted by molar-refractivity contribution is 5.95. The SMILES string of the molecule is CCOc1ccc(C(=O)NCc2ncc[nH]2)cc1N. The van der Waals surface area contributed by atoms with Crippen molar-refractivity contribution in [2.24, 2.45) is 0 Å². The fourth-order valence-corrected chi connectivity index (χ4v) is 1.64. The molecule has 0 spiro atoms. The highest BCUT2D eigenvalue weighted by Crippen LogP contribution is 2.22. The highest BCUT2D eigenvalue weighted by Gasteiger charge is 2.09. The van der Waals surface area contributed by atoms with Gasteiger partial charge >= 0.3 is 0 Å². The lowest BCUT2D eigenvalue weighted by Gasteiger charge is -2.09. The van der Waals surface area contributed by atoms with Gasteiger partial charge in [0.2, 0.25) is 0 Å². The summed E-state index contributed by atoms with van der Waals surface area (Å²) in [6.07, 6.45) is 3.34. The number of benzene rings is 1. The van der Waals surface area contributed by atoms with Crippen LogP contribution < -0.4 is 15.8 Å². The molecule has 0 saturated heterocycles. The quantitative estimate of drug-likeness (QED) is 0.707. The average Bonchev–Trinajstić information content (AvgIpc) is 2.91. The molecule has 100 valence electrons. The zero-order valence-electron chi connectivity index (χ0n) is 10.6. The number of nitrogens with two attached hydrogens (primary N) is 1. The second-order valence-corrected chi connectivity index (χ2v) is 3.90. The van der Waals surface area contributed by atoms with Crippen molar-refractivity contribution in [1.29, 1.82) is 0 Å². The molecule has 0 aliphatic carbocycles. The van der Waals surface area contributed by atoms with E-state index in [-0.39, 0.29) is 5.91 Å². The first-order valence-corrected chi connectivity index (χ1v) is 5.99. The van der Waals surface area contributed by atoms with Crippen LogP contribution in [0.15, 0.2) is 30.6 Å². The number of amides is 1. The molecule has 1 heterocycles. The fraction of sp³-hybridized carbons (Fsp3) is 0.231. The predicted molar refractivity (Wildman–Crippen MR) is 71.8 cm³/mol. The van der Waals surface area contributed by atoms with Crippen LogP contribution in [0.5, 0.6) is 5.75 Å². The molecule has 0 unspecified atom stereocenters. The molecule has 19 heavy (non-hydrogen) atoms. The summed E-state index contributed by atoms with van der Waals surface area (Å²) in [5.74, 6) is 1.09. The number of anilines is 1. The number of carbonyl (C=O) groups excluding carboxylic acids is 1. The molecule has 2 aromatic rings. The van der Waals surface area contributed by atoms with Gasteiger partial charge in [-0.15, -0.1) is 0 Å². The molecule has 0 saturated carbocycles. The number of aromatic amines is 1. The predicted octanol–water partition coefficient (Wildman–Crippen LogP) is 1.32. The monoisotopic (exact) mass is 260 g/mol. The lowest BCUT2D eigenvalue weighted by molar-refractivity contribution is 0.0950. The van der Waals surface area contributed by atoms with Crippen LogP contribution in [-0.2, 0) is 6.54 Å². The van der Waals surface area contributed by atoms with E-state index >= 15 is 0 Å². The molecule has 6 nitrogen and oxygen atoms in total. The fourth-order valence-electron chi connectivity index (χ4n) is 1.64. The molecule has 2 rings (SSSR count). The van der Waals surface area contributed by atoms with Gasteiger partial charge < -0.3 is 20.8 Å². The van der Waals surface area contributed by atoms with Crippen molar-refractivity contribution in [2.45, 2.75) is 13.5 Å². The van der Waals surface area contributed by atoms with E-state index in [0.717, 1.165) is 0 Å². The van der Waals surface area contributed by atoms with Crippen LogP contribution in [0, 0.1) is 0 Å². The van der Waals surface area contributed by atoms with E-state index in [0.29, 0.717) is 36.0 Å². The number of H-pyrrole nitrogens is 1. The Morgan fingerprint density at radius 1 is 1.53 bits per heavy atom. The number of carbonyl (C=O) groups is 1. The third-order valence-corrected chi connectivity index (χ3v) is 2.54. The van der Waals surface area contributed by atoms with Crippen molar-refractivity contribution < 1.29 is 9.53 Å². The summed E-state index contributed by atoms with van der Waals surface area (Å²) in [4.78, 5) is 18.8. The Kier molecular flexibility index (Phi) is 4.02. The molecule has 0 fully saturated rings. The average molecular weight is 260 g/mol. The van der Waals surface area contributed by atoms with E-state index in [1.807, 2.05) is 6.92 Å². The Morgan fingerprint density at radius 2 is 2.37 bits per heavy atom. The van der Waals surface area contributed by atoms with Gasteiger partial charge in [-0.2, -0.15) is 0 Å². The molecule has 0 radical (unpaired) electrons. The van der Waals surface area contributed by atoms with E-state index in [2.05, 4.69) is 15.3 Å². The van der Waals surface area contributed by atoms with Crippen LogP contribution in [0.3, 0.4) is 0 Å². The standard InChI is InChI=1S/C13H16N4O2/c1-2-19-11-4-3-9(7-10(11)14)13(18)17-8-12-15-5-6-16-12/h3-7H,2,8,14H2,1H3,(H,15,16)(H,17,18). The second-order valence-electron chi connectivity index (χ2n) is 3.90. The highest BCUT2D eigenvalue weighted by atomic mass is 16.5. The molecule has 4 N–H and O–H groups in total. The van der Waals surface area contributed by atoms with Gasteiger partial charge in [-0.25, -0.2) is 4.98 Å². The number of hydrogen-bond acceptors (Lipinski definition) is 4. The topological polar surface area (TPSA) is 93.0 Å². The smallest absolute Gasteiger partial charge is 0.251 e. The van der Waals surface area contributed by atoms with Crippen molar-refractivity contribution in [3.05, 3.63) is 42.0 Å². The van der Waals surface area contributed by atoms with E-state index in [1.54, 1.807) is 30.6 Å². The third kappa shape index (κ3) is 3.25. The van der Waals surface area contributed by atoms with Crippen molar-refractivity contribution in [3.63, 3.8) is 0 Å². The molecular formula is C13H16N4O2. The molecule has 1 aromatic carbocycles. The van der Waals surface area contributed by atoms with Gasteiger partial charge in [-0.3, -0.25) is 4.79 Å². The van der Waals surface area contributed by atoms with Crippen molar-refractivity contribution in [3.8, 4) is 5.75 Å². The number of ether oxygens (including phenoxy) is 1. The van der Waals surface area contributed by atoms with E-state index in [9.17, 15) is 4.79 Å². The summed E-state index contributed by atoms with van der Waals surface area (Å²) in [7, 11) is 0. The van der Waals surface area contributed by atoms with Crippen LogP contribution in [0.1, 0.15) is 23.1 Å². The Morgan fingerprint density at radius 3 is 3.00 bits per heavy atom. The molecule has 6 heteroatoms. The molecule has 0 aliphatic heterocycles. The number of imidazole rings is 1. The largest absolute Gasteiger partial charge is 0.492 e. The number of aromatic nitrogens is 2. The van der Waals surface area contributed by atoms with Crippen LogP contribution in [0.2, 0.25) is 0 Å². The van der Waals surface area contributed by atoms with Crippen molar-refractivity contribution >= 4 is 11.6 Å². The zero-order chi connectivity index (χ0) is 13.7. The number of rotatable bonds is 5. The van der Waals surface area contributed by atoms with Gasteiger partial charge in [0.25, 0.3) is 5.91 Å². The number of nitrogens with one attached hydrogen (secondary N) is 2. The second kappa shape index (κ2) is 5.90. The number of nitrogen functional groups attached to an aromatic ring is 1. The Balaban J connectivity index is 2.01. The molecule has 1 aromatic heterocycles. The maximum Gasteiger partial charge on any atom is 0.251 e. The summed E-state index contributed by atoms with van der Waals surface area (Å²) in [5, 5.41) is 2.75. The molecule has 0 atom stereocenters. The molecular weight excluding hydrogens is 244 g/mol. The maximum absolute atomic E-state index is 11.9. The first kappa shape index (κ1) is 12.9. The van der Waals surface area contributed by atoms with Crippen molar-refractivity contribution in [1.82, 2.24) is 15.3 Å². The first-order chi connectivity index (χ1) is 9.20. The Hall–Kier alpha value is -2.50. The number of nitrogens with zero attached hydrogens (tertiary/aromatic N) is 1. The Labute approximate surface area is 111 Å². The van der Waals surface area contributed by atoms with Gasteiger partial charge in [0.05, 0.1) is 18.8 Å². The van der Waals surface area contributed by atoms with Gasteiger partial charge in [-0.1, -0.05) is 0 Å². The van der Waals surface area contributed by atoms with Crippen LogP contribution >= 0.6 is 0 Å². The van der Waals surface area contributed by atoms with E-state index < -0.39 is 0 Å². The van der Waals surface area contributed by atoms with Crippen molar-refractivity contribution in [2.75, 3.05) is 12.3 Å². The van der Waals surface area contributed by atoms with Gasteiger partial charge in [0, 0.05) is 18.0 Å². The minimum absolute atomic E-state index is 0.203. The molecule has 1 amide bonds. The summed E-state index contributed by atoms with van der Waals surface area (Å²) < 4.78 is 5.32. The lowest BCUT2D eigenvalue weighted by atomic mass is 10.1. The van der Waals surface area contributed by atoms with Gasteiger partial charge in [0.1, 0.15) is 11.6 Å². The minimum Gasteiger partial charge on any atom is -0.492 e. The summed E-state index contributed by atoms with van der Waals surface area (Å²) in [5.41, 5.74) is 6.76. The minimum atomic E-state index is -0.203. The van der Waals surface area contributed by atoms with Gasteiger partial charge in [0.15, 0.2) is 0 Å². The summed E-state index contributed by atoms with van der Waals surface area (Å²) >= 11 is 0. The van der Waals surface area contributed by atoms with Gasteiger partial charge in [-0.05, 0) is 25.1 Å². The molecule has 0 aliphatic rings. The van der Waals surface area contributed by atoms with Crippen LogP contribution in [0.25, 0.3) is 0 Å². The first-order valence-electron chi connectivity index (χ1n) is 5.99. The maximum atomic E-state index is 11.9. The summed E-state index contributed by atoms with van der Waals surface area (Å²) in [6, 6.07) is 4.97. The van der Waals surface area contributed by atoms with E-state index in [1.165, 1.54) is 0 Å². The van der Waals surface area contributed by atoms with Crippen LogP contribution in [0.4, 0.5) is 5.69 Å². The normalized spacial score (nSPS) is 10.2. The number of hydrogen-bond donors (Lipinski definition) is 3. The van der Waals surface area contributed by atoms with Crippen LogP contribution in [-0.4, -0.2) is 22.5 Å². The van der Waals surface area contributed by atoms with E-state index in [4.69, 9.17) is 10.5 Å². The Bertz CT molecular complexity index is 552. The molecule has 0 bridgehead atoms.